The fourth-order valence-corrected chi connectivity index (χ4v) is 2.26. The van der Waals surface area contributed by atoms with Crippen LogP contribution in [0.3, 0.4) is 0 Å². The molecule has 0 bridgehead atoms. The molecule has 0 atom stereocenters. The number of rotatable bonds is 3. The normalized spacial score (nSPS) is 17.3. The number of carbonyl (C=O) groups excluding carboxylic acids is 1. The van der Waals surface area contributed by atoms with Crippen LogP contribution >= 0.6 is 0 Å². The SMILES string of the molecule is COC(=O)Cc1nncn1C1CCCCC1. The van der Waals surface area contributed by atoms with Gasteiger partial charge in [-0.3, -0.25) is 4.79 Å². The Kier molecular flexibility index (Phi) is 3.54. The van der Waals surface area contributed by atoms with Crippen molar-refractivity contribution in [2.24, 2.45) is 0 Å². The van der Waals surface area contributed by atoms with Gasteiger partial charge in [-0.2, -0.15) is 0 Å². The maximum atomic E-state index is 11.2. The Hall–Kier alpha value is -1.39. The Labute approximate surface area is 94.8 Å². The molecule has 1 aromatic rings. The lowest BCUT2D eigenvalue weighted by molar-refractivity contribution is -0.140. The molecular weight excluding hydrogens is 206 g/mol. The Balaban J connectivity index is 2.08. The van der Waals surface area contributed by atoms with Gasteiger partial charge >= 0.3 is 5.97 Å². The summed E-state index contributed by atoms with van der Waals surface area (Å²) in [5.74, 6) is 0.462. The first-order valence-corrected chi connectivity index (χ1v) is 5.76. The molecule has 1 fully saturated rings. The highest BCUT2D eigenvalue weighted by molar-refractivity contribution is 5.71. The Morgan fingerprint density at radius 3 is 2.94 bits per heavy atom. The summed E-state index contributed by atoms with van der Waals surface area (Å²) in [4.78, 5) is 11.2. The van der Waals surface area contributed by atoms with E-state index in [1.807, 2.05) is 4.57 Å². The van der Waals surface area contributed by atoms with Crippen molar-refractivity contribution in [3.05, 3.63) is 12.2 Å². The first kappa shape index (κ1) is 11.1. The van der Waals surface area contributed by atoms with Crippen LogP contribution in [0, 0.1) is 0 Å². The van der Waals surface area contributed by atoms with Gasteiger partial charge < -0.3 is 9.30 Å². The topological polar surface area (TPSA) is 57.0 Å². The number of hydrogen-bond acceptors (Lipinski definition) is 4. The zero-order chi connectivity index (χ0) is 11.4. The number of ether oxygens (including phenoxy) is 1. The average molecular weight is 223 g/mol. The van der Waals surface area contributed by atoms with Crippen LogP contribution in [0.25, 0.3) is 0 Å². The van der Waals surface area contributed by atoms with Crippen LogP contribution in [0.2, 0.25) is 0 Å². The van der Waals surface area contributed by atoms with E-state index in [0.29, 0.717) is 6.04 Å². The minimum absolute atomic E-state index is 0.215. The van der Waals surface area contributed by atoms with E-state index in [-0.39, 0.29) is 12.4 Å². The molecule has 5 heteroatoms. The molecule has 0 spiro atoms. The lowest BCUT2D eigenvalue weighted by atomic mass is 9.95. The highest BCUT2D eigenvalue weighted by atomic mass is 16.5. The maximum Gasteiger partial charge on any atom is 0.313 e. The second-order valence-corrected chi connectivity index (χ2v) is 4.20. The first-order chi connectivity index (χ1) is 7.81. The number of aromatic nitrogens is 3. The minimum atomic E-state index is -0.259. The molecular formula is C11H17N3O2. The predicted octanol–water partition coefficient (Wildman–Crippen LogP) is 1.50. The third kappa shape index (κ3) is 2.40. The molecule has 1 saturated carbocycles. The van der Waals surface area contributed by atoms with Gasteiger partial charge in [0.25, 0.3) is 0 Å². The smallest absolute Gasteiger partial charge is 0.313 e. The zero-order valence-electron chi connectivity index (χ0n) is 9.56. The number of nitrogens with zero attached hydrogens (tertiary/aromatic N) is 3. The Bertz CT molecular complexity index is 356. The van der Waals surface area contributed by atoms with Crippen molar-refractivity contribution in [2.75, 3.05) is 7.11 Å². The van der Waals surface area contributed by atoms with Gasteiger partial charge in [-0.15, -0.1) is 10.2 Å². The van der Waals surface area contributed by atoms with Gasteiger partial charge in [0.2, 0.25) is 0 Å². The highest BCUT2D eigenvalue weighted by Gasteiger charge is 2.19. The minimum Gasteiger partial charge on any atom is -0.469 e. The van der Waals surface area contributed by atoms with Gasteiger partial charge in [0.15, 0.2) is 0 Å². The van der Waals surface area contributed by atoms with Crippen LogP contribution in [0.15, 0.2) is 6.33 Å². The molecule has 0 aromatic carbocycles. The van der Waals surface area contributed by atoms with Crippen LogP contribution in [0.4, 0.5) is 0 Å². The average Bonchev–Trinajstić information content (AvgIpc) is 2.78. The molecule has 0 aliphatic heterocycles. The largest absolute Gasteiger partial charge is 0.469 e. The molecule has 0 saturated heterocycles. The molecule has 16 heavy (non-hydrogen) atoms. The van der Waals surface area contributed by atoms with Crippen molar-refractivity contribution < 1.29 is 9.53 Å². The van der Waals surface area contributed by atoms with Gasteiger partial charge in [0, 0.05) is 6.04 Å². The number of esters is 1. The molecule has 0 amide bonds. The monoisotopic (exact) mass is 223 g/mol. The van der Waals surface area contributed by atoms with Gasteiger partial charge in [-0.05, 0) is 12.8 Å². The number of methoxy groups -OCH3 is 1. The lowest BCUT2D eigenvalue weighted by Gasteiger charge is -2.23. The van der Waals surface area contributed by atoms with E-state index in [0.717, 1.165) is 18.7 Å². The second kappa shape index (κ2) is 5.09. The summed E-state index contributed by atoms with van der Waals surface area (Å²) in [6, 6.07) is 0.461. The molecule has 1 aliphatic carbocycles. The Morgan fingerprint density at radius 1 is 1.50 bits per heavy atom. The third-order valence-corrected chi connectivity index (χ3v) is 3.15. The summed E-state index contributed by atoms with van der Waals surface area (Å²) in [5.41, 5.74) is 0. The molecule has 1 heterocycles. The van der Waals surface area contributed by atoms with Gasteiger partial charge in [0.1, 0.15) is 18.6 Å². The molecule has 5 nitrogen and oxygen atoms in total. The summed E-state index contributed by atoms with van der Waals surface area (Å²) in [6.07, 6.45) is 8.08. The molecule has 1 aromatic heterocycles. The third-order valence-electron chi connectivity index (χ3n) is 3.15. The van der Waals surface area contributed by atoms with Crippen LogP contribution in [0.5, 0.6) is 0 Å². The molecule has 1 aliphatic rings. The summed E-state index contributed by atoms with van der Waals surface area (Å²) >= 11 is 0. The molecule has 88 valence electrons. The van der Waals surface area contributed by atoms with Crippen LogP contribution in [-0.4, -0.2) is 27.8 Å². The highest BCUT2D eigenvalue weighted by Crippen LogP contribution is 2.28. The van der Waals surface area contributed by atoms with Crippen LogP contribution < -0.4 is 0 Å². The van der Waals surface area contributed by atoms with E-state index in [9.17, 15) is 4.79 Å². The molecule has 0 N–H and O–H groups in total. The van der Waals surface area contributed by atoms with Gasteiger partial charge in [-0.25, -0.2) is 0 Å². The molecule has 2 rings (SSSR count). The van der Waals surface area contributed by atoms with Crippen molar-refractivity contribution in [3.8, 4) is 0 Å². The van der Waals surface area contributed by atoms with Crippen molar-refractivity contribution in [3.63, 3.8) is 0 Å². The fourth-order valence-electron chi connectivity index (χ4n) is 2.26. The summed E-state index contributed by atoms with van der Waals surface area (Å²) < 4.78 is 6.68. The molecule has 0 unspecified atom stereocenters. The summed E-state index contributed by atoms with van der Waals surface area (Å²) in [6.45, 7) is 0. The van der Waals surface area contributed by atoms with Gasteiger partial charge in [0.05, 0.1) is 7.11 Å². The zero-order valence-corrected chi connectivity index (χ0v) is 9.56. The lowest BCUT2D eigenvalue weighted by Crippen LogP contribution is -2.17. The Morgan fingerprint density at radius 2 is 2.25 bits per heavy atom. The number of hydrogen-bond donors (Lipinski definition) is 0. The van der Waals surface area contributed by atoms with Crippen molar-refractivity contribution in [2.45, 2.75) is 44.6 Å². The van der Waals surface area contributed by atoms with Crippen molar-refractivity contribution in [1.82, 2.24) is 14.8 Å². The van der Waals surface area contributed by atoms with E-state index in [2.05, 4.69) is 14.9 Å². The standard InChI is InChI=1S/C11H17N3O2/c1-16-11(15)7-10-13-12-8-14(10)9-5-3-2-4-6-9/h8-9H,2-7H2,1H3. The summed E-state index contributed by atoms with van der Waals surface area (Å²) in [5, 5.41) is 7.88. The first-order valence-electron chi connectivity index (χ1n) is 5.76. The van der Waals surface area contributed by atoms with Gasteiger partial charge in [-0.1, -0.05) is 19.3 Å². The second-order valence-electron chi connectivity index (χ2n) is 4.20. The van der Waals surface area contributed by atoms with E-state index in [1.54, 1.807) is 6.33 Å². The van der Waals surface area contributed by atoms with E-state index < -0.39 is 0 Å². The quantitative estimate of drug-likeness (QED) is 0.729. The fraction of sp³-hybridized carbons (Fsp3) is 0.727. The summed E-state index contributed by atoms with van der Waals surface area (Å²) in [7, 11) is 1.39. The number of carbonyl (C=O) groups is 1. The predicted molar refractivity (Wildman–Crippen MR) is 57.9 cm³/mol. The molecule has 0 radical (unpaired) electrons. The van der Waals surface area contributed by atoms with E-state index in [1.165, 1.54) is 26.4 Å². The van der Waals surface area contributed by atoms with Crippen LogP contribution in [-0.2, 0) is 16.0 Å². The van der Waals surface area contributed by atoms with E-state index in [4.69, 9.17) is 0 Å². The van der Waals surface area contributed by atoms with Crippen LogP contribution in [0.1, 0.15) is 44.0 Å². The maximum absolute atomic E-state index is 11.2. The van der Waals surface area contributed by atoms with Crippen molar-refractivity contribution >= 4 is 5.97 Å². The van der Waals surface area contributed by atoms with Crippen molar-refractivity contribution in [1.29, 1.82) is 0 Å². The van der Waals surface area contributed by atoms with E-state index >= 15 is 0 Å².